The molecule has 1 fully saturated rings. The van der Waals surface area contributed by atoms with Gasteiger partial charge in [0.1, 0.15) is 6.10 Å². The molecule has 0 spiro atoms. The van der Waals surface area contributed by atoms with Crippen molar-refractivity contribution in [2.45, 2.75) is 25.9 Å². The minimum atomic E-state index is 0.249. The number of aromatic nitrogens is 2. The fourth-order valence-electron chi connectivity index (χ4n) is 1.59. The molecule has 1 saturated heterocycles. The van der Waals surface area contributed by atoms with Gasteiger partial charge >= 0.3 is 0 Å². The Kier molecular flexibility index (Phi) is 2.93. The van der Waals surface area contributed by atoms with E-state index in [0.29, 0.717) is 5.88 Å². The van der Waals surface area contributed by atoms with Crippen molar-refractivity contribution in [1.29, 1.82) is 0 Å². The van der Waals surface area contributed by atoms with Crippen LogP contribution < -0.4 is 10.1 Å². The Hall–Kier alpha value is -1.16. The second-order valence-electron chi connectivity index (χ2n) is 3.53. The van der Waals surface area contributed by atoms with Crippen molar-refractivity contribution in [3.8, 4) is 5.88 Å². The normalized spacial score (nSPS) is 21.9. The van der Waals surface area contributed by atoms with Gasteiger partial charge < -0.3 is 10.1 Å². The molecule has 76 valence electrons. The van der Waals surface area contributed by atoms with Crippen LogP contribution in [0.2, 0.25) is 0 Å². The van der Waals surface area contributed by atoms with E-state index in [-0.39, 0.29) is 6.10 Å². The second-order valence-corrected chi connectivity index (χ2v) is 3.53. The summed E-state index contributed by atoms with van der Waals surface area (Å²) in [4.78, 5) is 8.30. The first kappa shape index (κ1) is 9.40. The van der Waals surface area contributed by atoms with Crippen molar-refractivity contribution in [2.24, 2.45) is 0 Å². The Balaban J connectivity index is 1.99. The summed E-state index contributed by atoms with van der Waals surface area (Å²) in [6, 6.07) is 0. The lowest BCUT2D eigenvalue weighted by atomic mass is 10.1. The third-order valence-electron chi connectivity index (χ3n) is 2.37. The van der Waals surface area contributed by atoms with Gasteiger partial charge in [0.05, 0.1) is 5.69 Å². The maximum Gasteiger partial charge on any atom is 0.235 e. The molecule has 4 nitrogen and oxygen atoms in total. The van der Waals surface area contributed by atoms with Crippen LogP contribution >= 0.6 is 0 Å². The lowest BCUT2D eigenvalue weighted by molar-refractivity contribution is 0.158. The summed E-state index contributed by atoms with van der Waals surface area (Å²) in [6.07, 6.45) is 5.87. The highest BCUT2D eigenvalue weighted by Crippen LogP contribution is 2.14. The zero-order valence-corrected chi connectivity index (χ0v) is 8.36. The second kappa shape index (κ2) is 4.37. The van der Waals surface area contributed by atoms with Gasteiger partial charge in [0.25, 0.3) is 0 Å². The summed E-state index contributed by atoms with van der Waals surface area (Å²) in [7, 11) is 0. The van der Waals surface area contributed by atoms with E-state index in [1.54, 1.807) is 12.4 Å². The first-order chi connectivity index (χ1) is 6.86. The first-order valence-corrected chi connectivity index (χ1v) is 5.01. The van der Waals surface area contributed by atoms with Crippen molar-refractivity contribution in [3.63, 3.8) is 0 Å². The summed E-state index contributed by atoms with van der Waals surface area (Å²) in [5.41, 5.74) is 0.859. The van der Waals surface area contributed by atoms with Crippen LogP contribution in [0, 0.1) is 6.92 Å². The lowest BCUT2D eigenvalue weighted by Gasteiger charge is -2.23. The van der Waals surface area contributed by atoms with Gasteiger partial charge in [-0.3, -0.25) is 4.98 Å². The highest BCUT2D eigenvalue weighted by atomic mass is 16.5. The minimum absolute atomic E-state index is 0.249. The summed E-state index contributed by atoms with van der Waals surface area (Å²) < 4.78 is 5.75. The van der Waals surface area contributed by atoms with E-state index in [1.165, 1.54) is 6.42 Å². The van der Waals surface area contributed by atoms with Crippen LogP contribution in [-0.4, -0.2) is 29.2 Å². The van der Waals surface area contributed by atoms with E-state index >= 15 is 0 Å². The van der Waals surface area contributed by atoms with Crippen molar-refractivity contribution in [3.05, 3.63) is 18.1 Å². The molecule has 1 aromatic heterocycles. The zero-order valence-electron chi connectivity index (χ0n) is 8.36. The minimum Gasteiger partial charge on any atom is -0.472 e. The third kappa shape index (κ3) is 2.20. The maximum absolute atomic E-state index is 5.75. The molecule has 1 N–H and O–H groups in total. The molecule has 0 radical (unpaired) electrons. The molecule has 0 saturated carbocycles. The molecule has 2 rings (SSSR count). The summed E-state index contributed by atoms with van der Waals surface area (Å²) in [6.45, 7) is 3.92. The summed E-state index contributed by atoms with van der Waals surface area (Å²) in [5, 5.41) is 3.30. The predicted molar refractivity (Wildman–Crippen MR) is 53.3 cm³/mol. The monoisotopic (exact) mass is 193 g/mol. The van der Waals surface area contributed by atoms with Gasteiger partial charge in [0.15, 0.2) is 0 Å². The summed E-state index contributed by atoms with van der Waals surface area (Å²) in [5.74, 6) is 0.668. The van der Waals surface area contributed by atoms with Gasteiger partial charge in [0.2, 0.25) is 5.88 Å². The van der Waals surface area contributed by atoms with E-state index in [9.17, 15) is 0 Å². The van der Waals surface area contributed by atoms with E-state index in [2.05, 4.69) is 15.3 Å². The smallest absolute Gasteiger partial charge is 0.235 e. The molecule has 1 aliphatic rings. The Morgan fingerprint density at radius 3 is 3.00 bits per heavy atom. The Morgan fingerprint density at radius 2 is 2.29 bits per heavy atom. The number of ether oxygens (including phenoxy) is 1. The fraction of sp³-hybridized carbons (Fsp3) is 0.600. The largest absolute Gasteiger partial charge is 0.472 e. The van der Waals surface area contributed by atoms with Crippen molar-refractivity contribution < 1.29 is 4.74 Å². The number of aryl methyl sites for hydroxylation is 1. The molecule has 4 heteroatoms. The lowest BCUT2D eigenvalue weighted by Crippen LogP contribution is -2.37. The Morgan fingerprint density at radius 1 is 1.43 bits per heavy atom. The van der Waals surface area contributed by atoms with E-state index in [4.69, 9.17) is 4.74 Å². The van der Waals surface area contributed by atoms with Crippen LogP contribution in [0.3, 0.4) is 0 Å². The van der Waals surface area contributed by atoms with Gasteiger partial charge in [-0.25, -0.2) is 4.98 Å². The number of hydrogen-bond acceptors (Lipinski definition) is 4. The fourth-order valence-corrected chi connectivity index (χ4v) is 1.59. The van der Waals surface area contributed by atoms with Gasteiger partial charge in [-0.2, -0.15) is 0 Å². The Labute approximate surface area is 83.7 Å². The number of nitrogens with zero attached hydrogens (tertiary/aromatic N) is 2. The van der Waals surface area contributed by atoms with Gasteiger partial charge in [0, 0.05) is 18.9 Å². The number of nitrogens with one attached hydrogen (secondary N) is 1. The van der Waals surface area contributed by atoms with Crippen molar-refractivity contribution in [1.82, 2.24) is 15.3 Å². The zero-order chi connectivity index (χ0) is 9.80. The molecular formula is C10H15N3O. The molecule has 0 amide bonds. The number of rotatable bonds is 2. The van der Waals surface area contributed by atoms with Crippen LogP contribution in [0.15, 0.2) is 12.4 Å². The highest BCUT2D eigenvalue weighted by molar-refractivity contribution is 5.15. The SMILES string of the molecule is Cc1nccnc1O[C@H]1CCCNC1. The topological polar surface area (TPSA) is 47.0 Å². The quantitative estimate of drug-likeness (QED) is 0.758. The van der Waals surface area contributed by atoms with E-state index in [1.807, 2.05) is 6.92 Å². The maximum atomic E-state index is 5.75. The van der Waals surface area contributed by atoms with Gasteiger partial charge in [-0.05, 0) is 26.3 Å². The Bertz CT molecular complexity index is 297. The molecule has 0 unspecified atom stereocenters. The van der Waals surface area contributed by atoms with Crippen molar-refractivity contribution in [2.75, 3.05) is 13.1 Å². The molecule has 1 aliphatic heterocycles. The average Bonchev–Trinajstić information content (AvgIpc) is 2.23. The first-order valence-electron chi connectivity index (χ1n) is 5.01. The van der Waals surface area contributed by atoms with E-state index in [0.717, 1.165) is 25.2 Å². The van der Waals surface area contributed by atoms with Gasteiger partial charge in [-0.15, -0.1) is 0 Å². The third-order valence-corrected chi connectivity index (χ3v) is 2.37. The molecule has 0 bridgehead atoms. The van der Waals surface area contributed by atoms with Crippen LogP contribution in [0.4, 0.5) is 0 Å². The number of hydrogen-bond donors (Lipinski definition) is 1. The molecule has 2 heterocycles. The predicted octanol–water partition coefficient (Wildman–Crippen LogP) is 0.916. The van der Waals surface area contributed by atoms with Crippen LogP contribution in [0.25, 0.3) is 0 Å². The molecule has 14 heavy (non-hydrogen) atoms. The van der Waals surface area contributed by atoms with Gasteiger partial charge in [-0.1, -0.05) is 0 Å². The standard InChI is InChI=1S/C10H15N3O/c1-8-10(13-6-5-12-8)14-9-3-2-4-11-7-9/h5-6,9,11H,2-4,7H2,1H3/t9-/m0/s1. The number of piperidine rings is 1. The molecule has 1 atom stereocenters. The molecule has 0 aliphatic carbocycles. The average molecular weight is 193 g/mol. The van der Waals surface area contributed by atoms with Crippen LogP contribution in [-0.2, 0) is 0 Å². The highest BCUT2D eigenvalue weighted by Gasteiger charge is 2.15. The van der Waals surface area contributed by atoms with Crippen molar-refractivity contribution >= 4 is 0 Å². The molecule has 0 aromatic carbocycles. The summed E-state index contributed by atoms with van der Waals surface area (Å²) >= 11 is 0. The molecular weight excluding hydrogens is 178 g/mol. The van der Waals surface area contributed by atoms with Crippen LogP contribution in [0.1, 0.15) is 18.5 Å². The van der Waals surface area contributed by atoms with E-state index < -0.39 is 0 Å². The van der Waals surface area contributed by atoms with Crippen LogP contribution in [0.5, 0.6) is 5.88 Å². The molecule has 1 aromatic rings.